The molecule has 6 nitrogen and oxygen atoms in total. The smallest absolute Gasteiger partial charge is 0.145 e. The van der Waals surface area contributed by atoms with Gasteiger partial charge < -0.3 is 19.9 Å². The van der Waals surface area contributed by atoms with Gasteiger partial charge in [0.05, 0.1) is 23.2 Å². The van der Waals surface area contributed by atoms with Crippen LogP contribution in [0.2, 0.25) is 0 Å². The van der Waals surface area contributed by atoms with Crippen LogP contribution < -0.4 is 9.80 Å². The van der Waals surface area contributed by atoms with E-state index >= 15 is 0 Å². The summed E-state index contributed by atoms with van der Waals surface area (Å²) < 4.78 is 0. The number of imidazole rings is 1. The topological polar surface area (TPSA) is 79.2 Å². The second kappa shape index (κ2) is 5.91. The van der Waals surface area contributed by atoms with E-state index in [2.05, 4.69) is 9.97 Å². The Morgan fingerprint density at radius 2 is 1.88 bits per heavy atom. The highest BCUT2D eigenvalue weighted by molar-refractivity contribution is 6.30. The predicted octanol–water partition coefficient (Wildman–Crippen LogP) is 3.70. The van der Waals surface area contributed by atoms with Gasteiger partial charge in [0.25, 0.3) is 0 Å². The molecule has 0 saturated heterocycles. The monoisotopic (exact) mass is 347 g/mol. The number of aliphatic hydroxyl groups excluding tert-OH is 1. The van der Waals surface area contributed by atoms with Crippen LogP contribution in [-0.4, -0.2) is 41.6 Å². The van der Waals surface area contributed by atoms with Gasteiger partial charge in [0, 0.05) is 25.5 Å². The van der Waals surface area contributed by atoms with Crippen LogP contribution in [0.4, 0.5) is 11.4 Å². The van der Waals surface area contributed by atoms with Gasteiger partial charge in [-0.05, 0) is 48.9 Å². The molecule has 0 radical (unpaired) electrons. The normalized spacial score (nSPS) is 14.6. The molecule has 0 aliphatic carbocycles. The van der Waals surface area contributed by atoms with Crippen LogP contribution in [0.5, 0.6) is 0 Å². The number of hydrogen-bond donors (Lipinski definition) is 3. The van der Waals surface area contributed by atoms with Gasteiger partial charge in [-0.15, -0.1) is 0 Å². The number of aromatic nitrogens is 2. The second-order valence-corrected chi connectivity index (χ2v) is 6.77. The molecule has 2 aromatic carbocycles. The minimum absolute atomic E-state index is 0.155. The number of nitrogens with one attached hydrogen (secondary N) is 2. The minimum atomic E-state index is 0.155. The van der Waals surface area contributed by atoms with Crippen molar-refractivity contribution in [2.75, 3.05) is 30.4 Å². The molecule has 1 aromatic heterocycles. The molecule has 26 heavy (non-hydrogen) atoms. The molecule has 0 spiro atoms. The molecule has 1 aliphatic heterocycles. The quantitative estimate of drug-likeness (QED) is 0.675. The summed E-state index contributed by atoms with van der Waals surface area (Å²) in [6, 6.07) is 13.9. The maximum absolute atomic E-state index is 10.5. The van der Waals surface area contributed by atoms with Crippen molar-refractivity contribution in [3.05, 3.63) is 59.6 Å². The van der Waals surface area contributed by atoms with Crippen molar-refractivity contribution in [3.63, 3.8) is 0 Å². The molecule has 6 heteroatoms. The number of amidine groups is 1. The fourth-order valence-electron chi connectivity index (χ4n) is 3.22. The highest BCUT2D eigenvalue weighted by Gasteiger charge is 2.31. The molecular weight excluding hydrogens is 326 g/mol. The Morgan fingerprint density at radius 3 is 2.58 bits per heavy atom. The molecule has 3 N–H and O–H groups in total. The van der Waals surface area contributed by atoms with Gasteiger partial charge in [-0.3, -0.25) is 5.41 Å². The van der Waals surface area contributed by atoms with Crippen LogP contribution >= 0.6 is 0 Å². The first-order valence-corrected chi connectivity index (χ1v) is 8.47. The predicted molar refractivity (Wildman–Crippen MR) is 106 cm³/mol. The molecule has 3 aromatic rings. The van der Waals surface area contributed by atoms with Gasteiger partial charge in [-0.25, -0.2) is 4.98 Å². The molecule has 0 saturated carbocycles. The Kier molecular flexibility index (Phi) is 3.68. The highest BCUT2D eigenvalue weighted by Crippen LogP contribution is 2.31. The lowest BCUT2D eigenvalue weighted by Crippen LogP contribution is -2.26. The van der Waals surface area contributed by atoms with Gasteiger partial charge in [-0.1, -0.05) is 6.07 Å². The van der Waals surface area contributed by atoms with Crippen molar-refractivity contribution in [1.29, 1.82) is 5.41 Å². The SMILES string of the molecule is Cc1ccc2nc(C3=C(O)CN(c4ccc(N(C)C)cc4)C3=N)[nH]c2c1. The maximum Gasteiger partial charge on any atom is 0.145 e. The van der Waals surface area contributed by atoms with E-state index in [1.165, 1.54) is 0 Å². The first kappa shape index (κ1) is 16.2. The van der Waals surface area contributed by atoms with Gasteiger partial charge in [0.2, 0.25) is 0 Å². The van der Waals surface area contributed by atoms with Crippen LogP contribution in [0.15, 0.2) is 48.2 Å². The number of fused-ring (bicyclic) bond motifs is 1. The highest BCUT2D eigenvalue weighted by atomic mass is 16.3. The largest absolute Gasteiger partial charge is 0.509 e. The van der Waals surface area contributed by atoms with Crippen LogP contribution in [0.25, 0.3) is 16.6 Å². The standard InChI is InChI=1S/C20H21N5O/c1-12-4-9-15-16(10-12)23-20(22-15)18-17(26)11-25(19(18)21)14-7-5-13(6-8-14)24(2)3/h4-10,21,26H,11H2,1-3H3,(H,22,23). The van der Waals surface area contributed by atoms with Gasteiger partial charge in [-0.2, -0.15) is 0 Å². The summed E-state index contributed by atoms with van der Waals surface area (Å²) in [5, 5.41) is 19.1. The van der Waals surface area contributed by atoms with E-state index in [9.17, 15) is 5.11 Å². The molecule has 4 rings (SSSR count). The lowest BCUT2D eigenvalue weighted by Gasteiger charge is -2.20. The lowest BCUT2D eigenvalue weighted by molar-refractivity contribution is 0.411. The number of rotatable bonds is 3. The number of aromatic amines is 1. The van der Waals surface area contributed by atoms with E-state index in [0.717, 1.165) is 28.0 Å². The van der Waals surface area contributed by atoms with Crippen molar-refractivity contribution in [1.82, 2.24) is 9.97 Å². The van der Waals surface area contributed by atoms with Crippen molar-refractivity contribution < 1.29 is 5.11 Å². The Balaban J connectivity index is 1.67. The van der Waals surface area contributed by atoms with E-state index in [-0.39, 0.29) is 18.1 Å². The van der Waals surface area contributed by atoms with E-state index in [0.29, 0.717) is 11.4 Å². The van der Waals surface area contributed by atoms with Crippen LogP contribution in [0.1, 0.15) is 11.4 Å². The maximum atomic E-state index is 10.5. The van der Waals surface area contributed by atoms with E-state index < -0.39 is 0 Å². The van der Waals surface area contributed by atoms with Crippen molar-refractivity contribution in [2.45, 2.75) is 6.92 Å². The molecule has 132 valence electrons. The van der Waals surface area contributed by atoms with Gasteiger partial charge >= 0.3 is 0 Å². The lowest BCUT2D eigenvalue weighted by atomic mass is 10.2. The first-order chi connectivity index (χ1) is 12.4. The number of aryl methyl sites for hydroxylation is 1. The summed E-state index contributed by atoms with van der Waals surface area (Å²) in [7, 11) is 3.98. The molecule has 0 atom stereocenters. The minimum Gasteiger partial charge on any atom is -0.509 e. The average Bonchev–Trinajstić information content (AvgIpc) is 3.14. The molecule has 0 amide bonds. The molecule has 0 bridgehead atoms. The van der Waals surface area contributed by atoms with Crippen LogP contribution in [-0.2, 0) is 0 Å². The summed E-state index contributed by atoms with van der Waals surface area (Å²) in [4.78, 5) is 11.6. The Bertz CT molecular complexity index is 1030. The first-order valence-electron chi connectivity index (χ1n) is 8.47. The van der Waals surface area contributed by atoms with Gasteiger partial charge in [0.15, 0.2) is 0 Å². The zero-order valence-electron chi connectivity index (χ0n) is 15.0. The molecule has 0 fully saturated rings. The van der Waals surface area contributed by atoms with Gasteiger partial charge in [0.1, 0.15) is 17.4 Å². The third-order valence-electron chi connectivity index (χ3n) is 4.66. The van der Waals surface area contributed by atoms with E-state index in [1.54, 1.807) is 4.90 Å². The number of aliphatic hydroxyl groups is 1. The Hall–Kier alpha value is -3.28. The third kappa shape index (κ3) is 2.60. The summed E-state index contributed by atoms with van der Waals surface area (Å²) in [5.41, 5.74) is 5.28. The Morgan fingerprint density at radius 1 is 1.15 bits per heavy atom. The van der Waals surface area contributed by atoms with E-state index in [1.807, 2.05) is 68.4 Å². The summed E-state index contributed by atoms with van der Waals surface area (Å²) in [6.45, 7) is 2.29. The van der Waals surface area contributed by atoms with Crippen LogP contribution in [0, 0.1) is 12.3 Å². The zero-order chi connectivity index (χ0) is 18.4. The summed E-state index contributed by atoms with van der Waals surface area (Å²) >= 11 is 0. The molecule has 0 unspecified atom stereocenters. The second-order valence-electron chi connectivity index (χ2n) is 6.77. The summed E-state index contributed by atoms with van der Waals surface area (Å²) in [6.07, 6.45) is 0. The number of anilines is 2. The van der Waals surface area contributed by atoms with E-state index in [4.69, 9.17) is 5.41 Å². The fraction of sp³-hybridized carbons (Fsp3) is 0.200. The zero-order valence-corrected chi connectivity index (χ0v) is 15.0. The molecular formula is C20H21N5O. The Labute approximate surface area is 151 Å². The molecule has 1 aliphatic rings. The van der Waals surface area contributed by atoms with Crippen molar-refractivity contribution in [2.24, 2.45) is 0 Å². The van der Waals surface area contributed by atoms with Crippen LogP contribution in [0.3, 0.4) is 0 Å². The number of benzene rings is 2. The van der Waals surface area contributed by atoms with Crippen molar-refractivity contribution in [3.8, 4) is 0 Å². The number of H-pyrrole nitrogens is 1. The number of hydrogen-bond acceptors (Lipinski definition) is 4. The average molecular weight is 347 g/mol. The number of nitrogens with zero attached hydrogens (tertiary/aromatic N) is 3. The third-order valence-corrected chi connectivity index (χ3v) is 4.66. The summed E-state index contributed by atoms with van der Waals surface area (Å²) in [5.74, 6) is 0.929. The molecule has 2 heterocycles. The fourth-order valence-corrected chi connectivity index (χ4v) is 3.22. The van der Waals surface area contributed by atoms with Crippen molar-refractivity contribution >= 4 is 33.8 Å².